The van der Waals surface area contributed by atoms with Crippen molar-refractivity contribution in [3.05, 3.63) is 63.1 Å². The Morgan fingerprint density at radius 2 is 1.60 bits per heavy atom. The zero-order valence-corrected chi connectivity index (χ0v) is 18.7. The lowest BCUT2D eigenvalue weighted by Crippen LogP contribution is -2.35. The third-order valence-electron chi connectivity index (χ3n) is 6.58. The highest BCUT2D eigenvalue weighted by atomic mass is 35.5. The Morgan fingerprint density at radius 1 is 0.933 bits per heavy atom. The molecule has 3 atom stereocenters. The van der Waals surface area contributed by atoms with Crippen molar-refractivity contribution in [2.24, 2.45) is 16.9 Å². The first kappa shape index (κ1) is 20.2. The molecule has 2 aliphatic heterocycles. The fraction of sp³-hybridized carbons (Fsp3) is 0.391. The standard InChI is InChI=1S/C23H22Cl3N3O/c24-17-6-4-14(5-7-17)22-11-20(23(30)28-12-15-2-1-3-16(15)13-28)27-29(22)21-9-8-18(25)10-19(21)26/h4-10,15-16,22H,1-3,11-13H2. The summed E-state index contributed by atoms with van der Waals surface area (Å²) in [5, 5.41) is 8.37. The molecule has 1 amide bonds. The van der Waals surface area contributed by atoms with Gasteiger partial charge in [-0.15, -0.1) is 0 Å². The molecule has 4 nitrogen and oxygen atoms in total. The van der Waals surface area contributed by atoms with Crippen molar-refractivity contribution in [1.82, 2.24) is 4.90 Å². The fourth-order valence-corrected chi connectivity index (χ4v) is 5.68. The number of hydrogen-bond acceptors (Lipinski definition) is 3. The number of carbonyl (C=O) groups is 1. The molecule has 156 valence electrons. The molecule has 3 unspecified atom stereocenters. The molecule has 2 aromatic rings. The molecule has 0 radical (unpaired) electrons. The number of fused-ring (bicyclic) bond motifs is 1. The highest BCUT2D eigenvalue weighted by Crippen LogP contribution is 2.41. The zero-order valence-electron chi connectivity index (χ0n) is 16.4. The molecule has 30 heavy (non-hydrogen) atoms. The van der Waals surface area contributed by atoms with E-state index in [0.717, 1.165) is 24.3 Å². The molecule has 1 aliphatic carbocycles. The summed E-state index contributed by atoms with van der Waals surface area (Å²) >= 11 is 18.7. The molecule has 2 aromatic carbocycles. The van der Waals surface area contributed by atoms with Crippen molar-refractivity contribution < 1.29 is 4.79 Å². The number of carbonyl (C=O) groups excluding carboxylic acids is 1. The van der Waals surface area contributed by atoms with Gasteiger partial charge < -0.3 is 4.90 Å². The van der Waals surface area contributed by atoms with Crippen molar-refractivity contribution in [3.8, 4) is 0 Å². The number of benzene rings is 2. The number of hydrogen-bond donors (Lipinski definition) is 0. The van der Waals surface area contributed by atoms with Crippen molar-refractivity contribution >= 4 is 52.1 Å². The van der Waals surface area contributed by atoms with Gasteiger partial charge in [0.1, 0.15) is 5.71 Å². The van der Waals surface area contributed by atoms with Gasteiger partial charge in [-0.25, -0.2) is 0 Å². The van der Waals surface area contributed by atoms with Gasteiger partial charge in [0.15, 0.2) is 0 Å². The molecular weight excluding hydrogens is 441 g/mol. The molecule has 2 fully saturated rings. The minimum absolute atomic E-state index is 0.0518. The summed E-state index contributed by atoms with van der Waals surface area (Å²) in [6.45, 7) is 1.71. The topological polar surface area (TPSA) is 35.9 Å². The molecule has 0 bridgehead atoms. The molecule has 1 saturated heterocycles. The first-order valence-electron chi connectivity index (χ1n) is 10.4. The number of likely N-dealkylation sites (tertiary alicyclic amines) is 1. The van der Waals surface area contributed by atoms with Crippen LogP contribution >= 0.6 is 34.8 Å². The molecular formula is C23H22Cl3N3O. The second-order valence-electron chi connectivity index (χ2n) is 8.42. The molecule has 2 heterocycles. The molecule has 5 rings (SSSR count). The van der Waals surface area contributed by atoms with Crippen molar-refractivity contribution in [2.45, 2.75) is 31.7 Å². The van der Waals surface area contributed by atoms with Gasteiger partial charge >= 0.3 is 0 Å². The first-order chi connectivity index (χ1) is 14.5. The maximum Gasteiger partial charge on any atom is 0.270 e. The van der Waals surface area contributed by atoms with Crippen LogP contribution in [-0.2, 0) is 4.79 Å². The van der Waals surface area contributed by atoms with Crippen molar-refractivity contribution in [1.29, 1.82) is 0 Å². The molecule has 0 aromatic heterocycles. The van der Waals surface area contributed by atoms with Gasteiger partial charge in [0.25, 0.3) is 5.91 Å². The summed E-state index contributed by atoms with van der Waals surface area (Å²) in [5.74, 6) is 1.37. The third kappa shape index (κ3) is 3.70. The van der Waals surface area contributed by atoms with E-state index in [1.807, 2.05) is 40.2 Å². The molecule has 1 saturated carbocycles. The van der Waals surface area contributed by atoms with Crippen LogP contribution in [0.4, 0.5) is 5.69 Å². The zero-order chi connectivity index (χ0) is 20.8. The van der Waals surface area contributed by atoms with Crippen LogP contribution in [-0.4, -0.2) is 29.6 Å². The summed E-state index contributed by atoms with van der Waals surface area (Å²) in [5.41, 5.74) is 2.36. The lowest BCUT2D eigenvalue weighted by molar-refractivity contribution is -0.123. The lowest BCUT2D eigenvalue weighted by Gasteiger charge is -2.25. The Bertz CT molecular complexity index is 995. The Kier molecular flexibility index (Phi) is 5.42. The van der Waals surface area contributed by atoms with Crippen LogP contribution in [0.5, 0.6) is 0 Å². The van der Waals surface area contributed by atoms with Gasteiger partial charge in [-0.3, -0.25) is 9.80 Å². The predicted octanol–water partition coefficient (Wildman–Crippen LogP) is 6.21. The van der Waals surface area contributed by atoms with Gasteiger partial charge in [-0.05, 0) is 60.6 Å². The summed E-state index contributed by atoms with van der Waals surface area (Å²) in [7, 11) is 0. The normalized spacial score (nSPS) is 25.6. The van der Waals surface area contributed by atoms with Crippen LogP contribution in [0, 0.1) is 11.8 Å². The number of nitrogens with zero attached hydrogens (tertiary/aromatic N) is 3. The van der Waals surface area contributed by atoms with E-state index in [1.54, 1.807) is 12.1 Å². The molecule has 3 aliphatic rings. The van der Waals surface area contributed by atoms with E-state index in [1.165, 1.54) is 19.3 Å². The van der Waals surface area contributed by atoms with Crippen molar-refractivity contribution in [3.63, 3.8) is 0 Å². The summed E-state index contributed by atoms with van der Waals surface area (Å²) in [6.07, 6.45) is 4.30. The Hall–Kier alpha value is -1.75. The van der Waals surface area contributed by atoms with E-state index in [9.17, 15) is 4.79 Å². The highest BCUT2D eigenvalue weighted by molar-refractivity contribution is 6.40. The maximum atomic E-state index is 13.3. The minimum Gasteiger partial charge on any atom is -0.337 e. The second-order valence-corrected chi connectivity index (χ2v) is 9.70. The van der Waals surface area contributed by atoms with Crippen LogP contribution in [0.2, 0.25) is 15.1 Å². The minimum atomic E-state index is -0.123. The second kappa shape index (κ2) is 8.07. The van der Waals surface area contributed by atoms with Gasteiger partial charge in [-0.1, -0.05) is 53.4 Å². The molecule has 0 spiro atoms. The van der Waals surface area contributed by atoms with Gasteiger partial charge in [0.2, 0.25) is 0 Å². The Labute approximate surface area is 191 Å². The average Bonchev–Trinajstić information content (AvgIpc) is 3.43. The SMILES string of the molecule is O=C(C1=NN(c2ccc(Cl)cc2Cl)C(c2ccc(Cl)cc2)C1)N1CC2CCCC2C1. The van der Waals surface area contributed by atoms with Gasteiger partial charge in [0, 0.05) is 29.6 Å². The highest BCUT2D eigenvalue weighted by Gasteiger charge is 2.41. The third-order valence-corrected chi connectivity index (χ3v) is 7.37. The van der Waals surface area contributed by atoms with E-state index in [2.05, 4.69) is 0 Å². The van der Waals surface area contributed by atoms with E-state index < -0.39 is 0 Å². The van der Waals surface area contributed by atoms with Gasteiger partial charge in [0.05, 0.1) is 16.8 Å². The quantitative estimate of drug-likeness (QED) is 0.543. The number of amides is 1. The van der Waals surface area contributed by atoms with E-state index >= 15 is 0 Å². The Morgan fingerprint density at radius 3 is 2.27 bits per heavy atom. The predicted molar refractivity (Wildman–Crippen MR) is 123 cm³/mol. The average molecular weight is 463 g/mol. The summed E-state index contributed by atoms with van der Waals surface area (Å²) in [6, 6.07) is 12.9. The molecule has 7 heteroatoms. The molecule has 0 N–H and O–H groups in total. The van der Waals surface area contributed by atoms with E-state index in [0.29, 0.717) is 39.0 Å². The smallest absolute Gasteiger partial charge is 0.270 e. The largest absolute Gasteiger partial charge is 0.337 e. The van der Waals surface area contributed by atoms with E-state index in [4.69, 9.17) is 39.9 Å². The Balaban J connectivity index is 1.46. The fourth-order valence-electron chi connectivity index (χ4n) is 5.06. The van der Waals surface area contributed by atoms with Crippen LogP contribution < -0.4 is 5.01 Å². The van der Waals surface area contributed by atoms with Crippen LogP contribution in [0.15, 0.2) is 47.6 Å². The summed E-state index contributed by atoms with van der Waals surface area (Å²) in [4.78, 5) is 15.3. The number of halogens is 3. The van der Waals surface area contributed by atoms with Gasteiger partial charge in [-0.2, -0.15) is 5.10 Å². The lowest BCUT2D eigenvalue weighted by atomic mass is 10.0. The number of rotatable bonds is 3. The summed E-state index contributed by atoms with van der Waals surface area (Å²) < 4.78 is 0. The number of hydrazone groups is 1. The first-order valence-corrected chi connectivity index (χ1v) is 11.5. The van der Waals surface area contributed by atoms with E-state index in [-0.39, 0.29) is 11.9 Å². The van der Waals surface area contributed by atoms with Crippen molar-refractivity contribution in [2.75, 3.05) is 18.1 Å². The number of anilines is 1. The van der Waals surface area contributed by atoms with Crippen LogP contribution in [0.1, 0.15) is 37.3 Å². The van der Waals surface area contributed by atoms with Crippen LogP contribution in [0.3, 0.4) is 0 Å². The monoisotopic (exact) mass is 461 g/mol. The maximum absolute atomic E-state index is 13.3. The van der Waals surface area contributed by atoms with Crippen LogP contribution in [0.25, 0.3) is 0 Å².